The van der Waals surface area contributed by atoms with Crippen LogP contribution in [0.4, 0.5) is 5.69 Å². The molecule has 0 radical (unpaired) electrons. The topological polar surface area (TPSA) is 104 Å². The number of hydrogen-bond acceptors (Lipinski definition) is 5. The number of morpholine rings is 1. The summed E-state index contributed by atoms with van der Waals surface area (Å²) in [6.07, 6.45) is 5.05. The van der Waals surface area contributed by atoms with Gasteiger partial charge in [0.05, 0.1) is 24.9 Å². The standard InChI is InChI=1S/C37H48N4O4S/c1-26-22-27(2)24-29(23-26)35-32(15-17-38-16-7-6-8-28-9-12-31(13-10-28)40-46(5,43)44)33-25-30(11-14-34(33)39-35)37(3,4)36(42)41-18-20-45-21-19-41/h9-14,22-25,38-40H,6-8,15-21H2,1-5H3. The molecule has 0 spiro atoms. The van der Waals surface area contributed by atoms with Crippen molar-refractivity contribution < 1.29 is 17.9 Å². The predicted octanol–water partition coefficient (Wildman–Crippen LogP) is 6.11. The summed E-state index contributed by atoms with van der Waals surface area (Å²) >= 11 is 0. The van der Waals surface area contributed by atoms with Crippen molar-refractivity contribution in [2.45, 2.75) is 58.8 Å². The maximum absolute atomic E-state index is 13.6. The van der Waals surface area contributed by atoms with Crippen molar-refractivity contribution in [1.29, 1.82) is 0 Å². The summed E-state index contributed by atoms with van der Waals surface area (Å²) in [4.78, 5) is 19.3. The van der Waals surface area contributed by atoms with Crippen LogP contribution in [0, 0.1) is 13.8 Å². The molecule has 1 saturated heterocycles. The highest BCUT2D eigenvalue weighted by Gasteiger charge is 2.35. The third-order valence-electron chi connectivity index (χ3n) is 8.85. The Balaban J connectivity index is 1.27. The lowest BCUT2D eigenvalue weighted by molar-refractivity contribution is -0.140. The molecule has 9 heteroatoms. The largest absolute Gasteiger partial charge is 0.378 e. The molecule has 8 nitrogen and oxygen atoms in total. The molecule has 1 aliphatic rings. The van der Waals surface area contributed by atoms with Gasteiger partial charge in [0.25, 0.3) is 0 Å². The minimum atomic E-state index is -3.27. The van der Waals surface area contributed by atoms with Gasteiger partial charge in [-0.05, 0) is 125 Å². The first-order chi connectivity index (χ1) is 21.9. The van der Waals surface area contributed by atoms with E-state index in [1.165, 1.54) is 33.2 Å². The van der Waals surface area contributed by atoms with Crippen LogP contribution in [0.1, 0.15) is 54.5 Å². The van der Waals surface area contributed by atoms with Crippen molar-refractivity contribution in [2.75, 3.05) is 50.4 Å². The van der Waals surface area contributed by atoms with Crippen molar-refractivity contribution in [2.24, 2.45) is 0 Å². The third-order valence-corrected chi connectivity index (χ3v) is 9.46. The molecule has 0 saturated carbocycles. The number of carbonyl (C=O) groups excluding carboxylic acids is 1. The number of aryl methyl sites for hydroxylation is 3. The molecule has 2 heterocycles. The number of nitrogens with zero attached hydrogens (tertiary/aromatic N) is 1. The molecule has 0 unspecified atom stereocenters. The Bertz CT molecular complexity index is 1750. The van der Waals surface area contributed by atoms with Crippen LogP contribution in [0.3, 0.4) is 0 Å². The van der Waals surface area contributed by atoms with Crippen molar-refractivity contribution in [1.82, 2.24) is 15.2 Å². The number of amides is 1. The van der Waals surface area contributed by atoms with E-state index in [0.29, 0.717) is 32.0 Å². The number of nitrogens with one attached hydrogen (secondary N) is 3. The summed E-state index contributed by atoms with van der Waals surface area (Å²) in [6.45, 7) is 12.6. The van der Waals surface area contributed by atoms with Crippen LogP contribution in [0.5, 0.6) is 0 Å². The molecule has 46 heavy (non-hydrogen) atoms. The van der Waals surface area contributed by atoms with Gasteiger partial charge in [-0.1, -0.05) is 35.4 Å². The molecule has 1 aromatic heterocycles. The first-order valence-corrected chi connectivity index (χ1v) is 18.2. The Morgan fingerprint density at radius 3 is 2.28 bits per heavy atom. The second-order valence-corrected chi connectivity index (χ2v) is 14.9. The van der Waals surface area contributed by atoms with Gasteiger partial charge in [0, 0.05) is 35.4 Å². The molecular formula is C37H48N4O4S. The van der Waals surface area contributed by atoms with Crippen LogP contribution in [0.25, 0.3) is 22.2 Å². The lowest BCUT2D eigenvalue weighted by atomic mass is 9.82. The number of hydrogen-bond donors (Lipinski definition) is 3. The average molecular weight is 645 g/mol. The highest BCUT2D eigenvalue weighted by Crippen LogP contribution is 2.35. The SMILES string of the molecule is Cc1cc(C)cc(-c2[nH]c3ccc(C(C)(C)C(=O)N4CCOCC4)cc3c2CCNCCCCc2ccc(NS(C)(=O)=O)cc2)c1. The maximum Gasteiger partial charge on any atom is 0.232 e. The second kappa shape index (κ2) is 14.4. The van der Waals surface area contributed by atoms with Crippen LogP contribution in [-0.4, -0.2) is 69.9 Å². The van der Waals surface area contributed by atoms with Gasteiger partial charge in [-0.2, -0.15) is 0 Å². The van der Waals surface area contributed by atoms with Crippen LogP contribution in [0.15, 0.2) is 60.7 Å². The van der Waals surface area contributed by atoms with E-state index in [1.807, 2.05) is 43.0 Å². The molecule has 3 aromatic carbocycles. The minimum Gasteiger partial charge on any atom is -0.378 e. The van der Waals surface area contributed by atoms with Crippen LogP contribution >= 0.6 is 0 Å². The van der Waals surface area contributed by atoms with Crippen molar-refractivity contribution in [3.05, 3.63) is 88.5 Å². The summed E-state index contributed by atoms with van der Waals surface area (Å²) < 4.78 is 30.9. The van der Waals surface area contributed by atoms with Gasteiger partial charge < -0.3 is 19.9 Å². The second-order valence-electron chi connectivity index (χ2n) is 13.2. The Kier molecular flexibility index (Phi) is 10.6. The third kappa shape index (κ3) is 8.37. The summed E-state index contributed by atoms with van der Waals surface area (Å²) in [6, 6.07) is 20.7. The number of carbonyl (C=O) groups is 1. The van der Waals surface area contributed by atoms with Gasteiger partial charge in [-0.25, -0.2) is 8.42 Å². The van der Waals surface area contributed by atoms with E-state index in [-0.39, 0.29) is 5.91 Å². The van der Waals surface area contributed by atoms with Gasteiger partial charge >= 0.3 is 0 Å². The zero-order valence-corrected chi connectivity index (χ0v) is 28.6. The van der Waals surface area contributed by atoms with Gasteiger partial charge in [0.1, 0.15) is 0 Å². The summed E-state index contributed by atoms with van der Waals surface area (Å²) in [5, 5.41) is 4.83. The predicted molar refractivity (Wildman–Crippen MR) is 188 cm³/mol. The first kappa shape index (κ1) is 33.7. The Labute approximate surface area is 274 Å². The van der Waals surface area contributed by atoms with Crippen LogP contribution < -0.4 is 10.0 Å². The summed E-state index contributed by atoms with van der Waals surface area (Å²) in [5.74, 6) is 0.143. The lowest BCUT2D eigenvalue weighted by Crippen LogP contribution is -2.48. The molecule has 0 aliphatic carbocycles. The normalized spacial score (nSPS) is 14.2. The van der Waals surface area contributed by atoms with E-state index in [0.717, 1.165) is 61.8 Å². The highest BCUT2D eigenvalue weighted by molar-refractivity contribution is 7.92. The Morgan fingerprint density at radius 1 is 0.913 bits per heavy atom. The van der Waals surface area contributed by atoms with E-state index >= 15 is 0 Å². The van der Waals surface area contributed by atoms with Crippen LogP contribution in [0.2, 0.25) is 0 Å². The van der Waals surface area contributed by atoms with E-state index in [1.54, 1.807) is 0 Å². The number of fused-ring (bicyclic) bond motifs is 1. The maximum atomic E-state index is 13.6. The van der Waals surface area contributed by atoms with E-state index in [4.69, 9.17) is 4.74 Å². The van der Waals surface area contributed by atoms with Crippen LogP contribution in [-0.2, 0) is 37.8 Å². The fraction of sp³-hybridized carbons (Fsp3) is 0.432. The molecule has 246 valence electrons. The van der Waals surface area contributed by atoms with Gasteiger partial charge in [-0.3, -0.25) is 9.52 Å². The summed E-state index contributed by atoms with van der Waals surface area (Å²) in [7, 11) is -3.27. The monoisotopic (exact) mass is 644 g/mol. The number of benzene rings is 3. The molecule has 1 aliphatic heterocycles. The molecule has 1 fully saturated rings. The molecular weight excluding hydrogens is 596 g/mol. The number of aromatic amines is 1. The fourth-order valence-electron chi connectivity index (χ4n) is 6.42. The van der Waals surface area contributed by atoms with E-state index < -0.39 is 15.4 Å². The van der Waals surface area contributed by atoms with Crippen molar-refractivity contribution >= 4 is 32.5 Å². The van der Waals surface area contributed by atoms with Crippen molar-refractivity contribution in [3.8, 4) is 11.3 Å². The number of sulfonamides is 1. The van der Waals surface area contributed by atoms with Gasteiger partial charge in [0.15, 0.2) is 0 Å². The Morgan fingerprint density at radius 2 is 1.61 bits per heavy atom. The lowest BCUT2D eigenvalue weighted by Gasteiger charge is -2.34. The molecule has 0 bridgehead atoms. The Hall–Kier alpha value is -3.66. The van der Waals surface area contributed by atoms with Gasteiger partial charge in [-0.15, -0.1) is 0 Å². The number of rotatable bonds is 13. The molecule has 0 atom stereocenters. The zero-order chi connectivity index (χ0) is 32.9. The van der Waals surface area contributed by atoms with Crippen molar-refractivity contribution in [3.63, 3.8) is 0 Å². The average Bonchev–Trinajstić information content (AvgIpc) is 3.38. The smallest absolute Gasteiger partial charge is 0.232 e. The molecule has 1 amide bonds. The number of anilines is 1. The summed E-state index contributed by atoms with van der Waals surface area (Å²) in [5.41, 5.74) is 9.31. The highest BCUT2D eigenvalue weighted by atomic mass is 32.2. The quantitative estimate of drug-likeness (QED) is 0.152. The zero-order valence-electron chi connectivity index (χ0n) is 27.8. The number of ether oxygens (including phenoxy) is 1. The number of unbranched alkanes of at least 4 members (excludes halogenated alkanes) is 1. The first-order valence-electron chi connectivity index (χ1n) is 16.3. The van der Waals surface area contributed by atoms with Gasteiger partial charge in [0.2, 0.25) is 15.9 Å². The molecule has 5 rings (SSSR count). The molecule has 3 N–H and O–H groups in total. The molecule has 4 aromatic rings. The fourth-order valence-corrected chi connectivity index (χ4v) is 6.98. The number of H-pyrrole nitrogens is 1. The van der Waals surface area contributed by atoms with E-state index in [9.17, 15) is 13.2 Å². The van der Waals surface area contributed by atoms with E-state index in [2.05, 4.69) is 65.3 Å². The number of aromatic nitrogens is 1. The minimum absolute atomic E-state index is 0.143.